The molecule has 0 aromatic heterocycles. The molecule has 0 spiro atoms. The normalized spacial score (nSPS) is 24.3. The average Bonchev–Trinajstić information content (AvgIpc) is 2.67. The van der Waals surface area contributed by atoms with Gasteiger partial charge in [0, 0.05) is 19.5 Å². The van der Waals surface area contributed by atoms with Crippen LogP contribution in [0.15, 0.2) is 0 Å². The molecule has 1 unspecified atom stereocenters. The van der Waals surface area contributed by atoms with Crippen molar-refractivity contribution in [1.82, 2.24) is 10.6 Å². The number of amides is 2. The molecule has 1 saturated heterocycles. The SMILES string of the molecule is CCCC1(C(=O)NCCC(N)=O)CCNC1. The summed E-state index contributed by atoms with van der Waals surface area (Å²) in [6.45, 7) is 4.06. The summed E-state index contributed by atoms with van der Waals surface area (Å²) >= 11 is 0. The molecule has 0 radical (unpaired) electrons. The smallest absolute Gasteiger partial charge is 0.227 e. The van der Waals surface area contributed by atoms with Crippen molar-refractivity contribution in [2.75, 3.05) is 19.6 Å². The number of carbonyl (C=O) groups excluding carboxylic acids is 2. The van der Waals surface area contributed by atoms with Crippen LogP contribution in [-0.2, 0) is 9.59 Å². The summed E-state index contributed by atoms with van der Waals surface area (Å²) in [6, 6.07) is 0. The van der Waals surface area contributed by atoms with Crippen molar-refractivity contribution in [2.45, 2.75) is 32.6 Å². The summed E-state index contributed by atoms with van der Waals surface area (Å²) in [7, 11) is 0. The highest BCUT2D eigenvalue weighted by molar-refractivity contribution is 5.84. The molecule has 1 fully saturated rings. The minimum Gasteiger partial charge on any atom is -0.370 e. The number of hydrogen-bond acceptors (Lipinski definition) is 3. The highest BCUT2D eigenvalue weighted by Crippen LogP contribution is 2.31. The van der Waals surface area contributed by atoms with Gasteiger partial charge in [0.15, 0.2) is 0 Å². The van der Waals surface area contributed by atoms with E-state index in [1.165, 1.54) is 0 Å². The van der Waals surface area contributed by atoms with Crippen molar-refractivity contribution in [3.05, 3.63) is 0 Å². The van der Waals surface area contributed by atoms with Crippen molar-refractivity contribution < 1.29 is 9.59 Å². The highest BCUT2D eigenvalue weighted by atomic mass is 16.2. The van der Waals surface area contributed by atoms with Gasteiger partial charge >= 0.3 is 0 Å². The first-order valence-electron chi connectivity index (χ1n) is 5.88. The van der Waals surface area contributed by atoms with Crippen molar-refractivity contribution in [1.29, 1.82) is 0 Å². The second-order valence-corrected chi connectivity index (χ2v) is 4.43. The molecule has 5 nitrogen and oxygen atoms in total. The van der Waals surface area contributed by atoms with E-state index in [0.717, 1.165) is 32.4 Å². The van der Waals surface area contributed by atoms with Crippen LogP contribution in [-0.4, -0.2) is 31.4 Å². The van der Waals surface area contributed by atoms with Gasteiger partial charge < -0.3 is 16.4 Å². The van der Waals surface area contributed by atoms with Gasteiger partial charge in [-0.25, -0.2) is 0 Å². The van der Waals surface area contributed by atoms with E-state index in [4.69, 9.17) is 5.73 Å². The zero-order valence-electron chi connectivity index (χ0n) is 9.84. The van der Waals surface area contributed by atoms with E-state index < -0.39 is 0 Å². The summed E-state index contributed by atoms with van der Waals surface area (Å²) in [5.74, 6) is -0.324. The number of primary amides is 1. The molecular weight excluding hydrogens is 206 g/mol. The molecule has 1 aliphatic rings. The molecule has 2 amide bonds. The van der Waals surface area contributed by atoms with Gasteiger partial charge in [-0.1, -0.05) is 13.3 Å². The topological polar surface area (TPSA) is 84.2 Å². The molecule has 5 heteroatoms. The first-order chi connectivity index (χ1) is 7.60. The zero-order chi connectivity index (χ0) is 12.0. The second-order valence-electron chi connectivity index (χ2n) is 4.43. The minimum absolute atomic E-state index is 0.0561. The van der Waals surface area contributed by atoms with E-state index in [1.807, 2.05) is 0 Å². The van der Waals surface area contributed by atoms with E-state index in [0.29, 0.717) is 6.54 Å². The van der Waals surface area contributed by atoms with E-state index >= 15 is 0 Å². The van der Waals surface area contributed by atoms with Crippen molar-refractivity contribution >= 4 is 11.8 Å². The van der Waals surface area contributed by atoms with Gasteiger partial charge in [-0.15, -0.1) is 0 Å². The number of nitrogens with two attached hydrogens (primary N) is 1. The predicted octanol–water partition coefficient (Wildman–Crippen LogP) is -0.242. The van der Waals surface area contributed by atoms with E-state index in [9.17, 15) is 9.59 Å². The molecule has 4 N–H and O–H groups in total. The van der Waals surface area contributed by atoms with Gasteiger partial charge in [0.2, 0.25) is 11.8 Å². The lowest BCUT2D eigenvalue weighted by Crippen LogP contribution is -2.43. The monoisotopic (exact) mass is 227 g/mol. The average molecular weight is 227 g/mol. The Morgan fingerprint density at radius 2 is 2.25 bits per heavy atom. The third-order valence-corrected chi connectivity index (χ3v) is 3.11. The number of nitrogens with one attached hydrogen (secondary N) is 2. The fraction of sp³-hybridized carbons (Fsp3) is 0.818. The van der Waals surface area contributed by atoms with Crippen molar-refractivity contribution in [3.8, 4) is 0 Å². The zero-order valence-corrected chi connectivity index (χ0v) is 9.84. The van der Waals surface area contributed by atoms with E-state index in [1.54, 1.807) is 0 Å². The molecule has 1 heterocycles. The first-order valence-corrected chi connectivity index (χ1v) is 5.88. The second kappa shape index (κ2) is 5.84. The Labute approximate surface area is 96.1 Å². The van der Waals surface area contributed by atoms with Crippen molar-refractivity contribution in [2.24, 2.45) is 11.1 Å². The largest absolute Gasteiger partial charge is 0.370 e. The minimum atomic E-state index is -0.380. The molecule has 0 bridgehead atoms. The lowest BCUT2D eigenvalue weighted by molar-refractivity contribution is -0.130. The van der Waals surface area contributed by atoms with E-state index in [2.05, 4.69) is 17.6 Å². The summed E-state index contributed by atoms with van der Waals surface area (Å²) in [4.78, 5) is 22.6. The van der Waals surface area contributed by atoms with Gasteiger partial charge in [0.1, 0.15) is 0 Å². The standard InChI is InChI=1S/C11H21N3O2/c1-2-4-11(5-7-13-8-11)10(16)14-6-3-9(12)15/h13H,2-8H2,1H3,(H2,12,15)(H,14,16). The summed E-state index contributed by atoms with van der Waals surface area (Å²) in [5.41, 5.74) is 4.75. The maximum Gasteiger partial charge on any atom is 0.227 e. The predicted molar refractivity (Wildman–Crippen MR) is 61.6 cm³/mol. The van der Waals surface area contributed by atoms with Gasteiger partial charge in [-0.05, 0) is 19.4 Å². The molecule has 0 aromatic carbocycles. The van der Waals surface area contributed by atoms with Gasteiger partial charge in [-0.3, -0.25) is 9.59 Å². The van der Waals surface area contributed by atoms with Crippen LogP contribution >= 0.6 is 0 Å². The van der Waals surface area contributed by atoms with Gasteiger partial charge in [0.05, 0.1) is 5.41 Å². The number of carbonyl (C=O) groups is 2. The third-order valence-electron chi connectivity index (χ3n) is 3.11. The van der Waals surface area contributed by atoms with Crippen LogP contribution in [0.2, 0.25) is 0 Å². The fourth-order valence-corrected chi connectivity index (χ4v) is 2.23. The maximum absolute atomic E-state index is 12.0. The van der Waals surface area contributed by atoms with Gasteiger partial charge in [0.25, 0.3) is 0 Å². The molecule has 16 heavy (non-hydrogen) atoms. The fourth-order valence-electron chi connectivity index (χ4n) is 2.23. The van der Waals surface area contributed by atoms with Crippen LogP contribution < -0.4 is 16.4 Å². The molecule has 0 aliphatic carbocycles. The Morgan fingerprint density at radius 3 is 2.75 bits per heavy atom. The lowest BCUT2D eigenvalue weighted by Gasteiger charge is -2.26. The Bertz CT molecular complexity index is 260. The Morgan fingerprint density at radius 1 is 1.50 bits per heavy atom. The van der Waals surface area contributed by atoms with Crippen LogP contribution in [0, 0.1) is 5.41 Å². The quantitative estimate of drug-likeness (QED) is 0.585. The summed E-state index contributed by atoms with van der Waals surface area (Å²) in [5, 5.41) is 6.03. The molecule has 1 rings (SSSR count). The van der Waals surface area contributed by atoms with Crippen LogP contribution in [0.25, 0.3) is 0 Å². The molecule has 0 aromatic rings. The lowest BCUT2D eigenvalue weighted by atomic mass is 9.81. The van der Waals surface area contributed by atoms with Crippen LogP contribution in [0.4, 0.5) is 0 Å². The van der Waals surface area contributed by atoms with Crippen LogP contribution in [0.5, 0.6) is 0 Å². The Kier molecular flexibility index (Phi) is 4.73. The molecule has 0 saturated carbocycles. The van der Waals surface area contributed by atoms with Crippen LogP contribution in [0.1, 0.15) is 32.6 Å². The summed E-state index contributed by atoms with van der Waals surface area (Å²) < 4.78 is 0. The van der Waals surface area contributed by atoms with Gasteiger partial charge in [-0.2, -0.15) is 0 Å². The van der Waals surface area contributed by atoms with Crippen LogP contribution in [0.3, 0.4) is 0 Å². The molecule has 1 atom stereocenters. The Balaban J connectivity index is 2.45. The summed E-state index contributed by atoms with van der Waals surface area (Å²) in [6.07, 6.45) is 2.97. The van der Waals surface area contributed by atoms with Crippen molar-refractivity contribution in [3.63, 3.8) is 0 Å². The van der Waals surface area contributed by atoms with E-state index in [-0.39, 0.29) is 23.7 Å². The highest BCUT2D eigenvalue weighted by Gasteiger charge is 2.39. The molecular formula is C11H21N3O2. The molecule has 92 valence electrons. The Hall–Kier alpha value is -1.10. The third kappa shape index (κ3) is 3.20. The number of rotatable bonds is 6. The maximum atomic E-state index is 12.0. The first kappa shape index (κ1) is 13.0. The molecule has 1 aliphatic heterocycles. The number of hydrogen-bond donors (Lipinski definition) is 3.